The number of aromatic nitrogens is 2. The number of amides is 1. The molecule has 1 aromatic carbocycles. The van der Waals surface area contributed by atoms with Crippen LogP contribution in [0.4, 0.5) is 4.39 Å². The van der Waals surface area contributed by atoms with E-state index in [1.54, 1.807) is 24.4 Å². The molecule has 0 spiro atoms. The first kappa shape index (κ1) is 17.4. The minimum Gasteiger partial charge on any atom is -0.345 e. The summed E-state index contributed by atoms with van der Waals surface area (Å²) in [4.78, 5) is 21.6. The van der Waals surface area contributed by atoms with Crippen molar-refractivity contribution in [2.75, 3.05) is 6.54 Å². The van der Waals surface area contributed by atoms with E-state index in [9.17, 15) is 9.18 Å². The number of rotatable bonds is 5. The number of carbonyl (C=O) groups excluding carboxylic acids is 1. The lowest BCUT2D eigenvalue weighted by molar-refractivity contribution is 0.0942. The third-order valence-electron chi connectivity index (χ3n) is 4.34. The number of nitrogens with two attached hydrogens (primary N) is 1. The molecule has 4 N–H and O–H groups in total. The van der Waals surface area contributed by atoms with Crippen molar-refractivity contribution in [2.24, 2.45) is 5.73 Å². The zero-order valence-electron chi connectivity index (χ0n) is 14.3. The van der Waals surface area contributed by atoms with Crippen LogP contribution < -0.4 is 11.1 Å². The summed E-state index contributed by atoms with van der Waals surface area (Å²) in [6.45, 7) is 0.182. The number of pyridine rings is 1. The molecule has 5 nitrogen and oxygen atoms in total. The first-order valence-electron chi connectivity index (χ1n) is 8.44. The molecule has 3 heterocycles. The maximum atomic E-state index is 13.5. The van der Waals surface area contributed by atoms with Crippen molar-refractivity contribution < 1.29 is 9.18 Å². The van der Waals surface area contributed by atoms with Crippen LogP contribution in [0.3, 0.4) is 0 Å². The highest BCUT2D eigenvalue weighted by molar-refractivity contribution is 7.17. The number of benzene rings is 1. The second-order valence-corrected chi connectivity index (χ2v) is 7.17. The van der Waals surface area contributed by atoms with Crippen LogP contribution in [0.5, 0.6) is 0 Å². The molecule has 0 saturated heterocycles. The number of nitrogens with zero attached hydrogens (tertiary/aromatic N) is 1. The number of aromatic amines is 1. The van der Waals surface area contributed by atoms with Crippen molar-refractivity contribution in [3.05, 3.63) is 77.2 Å². The Morgan fingerprint density at radius 3 is 2.96 bits per heavy atom. The van der Waals surface area contributed by atoms with Crippen LogP contribution in [0.15, 0.2) is 60.9 Å². The van der Waals surface area contributed by atoms with Gasteiger partial charge >= 0.3 is 0 Å². The fourth-order valence-electron chi connectivity index (χ4n) is 3.00. The minimum absolute atomic E-state index is 0.182. The van der Waals surface area contributed by atoms with Crippen LogP contribution in [-0.2, 0) is 0 Å². The smallest absolute Gasteiger partial charge is 0.261 e. The number of thiophene rings is 1. The van der Waals surface area contributed by atoms with Gasteiger partial charge in [-0.3, -0.25) is 4.79 Å². The topological polar surface area (TPSA) is 83.8 Å². The van der Waals surface area contributed by atoms with Gasteiger partial charge in [-0.1, -0.05) is 12.1 Å². The predicted molar refractivity (Wildman–Crippen MR) is 105 cm³/mol. The van der Waals surface area contributed by atoms with Gasteiger partial charge in [0.25, 0.3) is 5.91 Å². The molecule has 4 rings (SSSR count). The van der Waals surface area contributed by atoms with E-state index >= 15 is 0 Å². The van der Waals surface area contributed by atoms with Crippen molar-refractivity contribution >= 4 is 28.3 Å². The number of fused-ring (bicyclic) bond motifs is 1. The largest absolute Gasteiger partial charge is 0.345 e. The van der Waals surface area contributed by atoms with Crippen LogP contribution in [-0.4, -0.2) is 22.4 Å². The number of carbonyl (C=O) groups is 1. The molecule has 27 heavy (non-hydrogen) atoms. The Hall–Kier alpha value is -3.03. The maximum Gasteiger partial charge on any atom is 0.261 e. The van der Waals surface area contributed by atoms with Gasteiger partial charge in [0, 0.05) is 34.8 Å². The average molecular weight is 380 g/mol. The highest BCUT2D eigenvalue weighted by atomic mass is 32.1. The molecule has 3 aromatic heterocycles. The molecule has 0 fully saturated rings. The molecule has 0 aliphatic carbocycles. The van der Waals surface area contributed by atoms with Gasteiger partial charge in [0.1, 0.15) is 11.5 Å². The van der Waals surface area contributed by atoms with Crippen molar-refractivity contribution in [2.45, 2.75) is 6.04 Å². The standard InChI is InChI=1S/C20H17FN4OS/c21-13-4-1-3-12(9-13)16(10-22)25-20(26)18-7-6-17(27-18)15-11-24-19-14(15)5-2-8-23-19/h1-9,11,16H,10,22H2,(H,23,24)(H,25,26). The van der Waals surface area contributed by atoms with Crippen LogP contribution in [0, 0.1) is 5.82 Å². The first-order valence-corrected chi connectivity index (χ1v) is 9.26. The molecule has 0 aliphatic heterocycles. The number of halogens is 1. The van der Waals surface area contributed by atoms with Gasteiger partial charge in [0.15, 0.2) is 0 Å². The Balaban J connectivity index is 1.56. The quantitative estimate of drug-likeness (QED) is 0.492. The number of hydrogen-bond acceptors (Lipinski definition) is 4. The summed E-state index contributed by atoms with van der Waals surface area (Å²) in [5.74, 6) is -0.588. The molecule has 136 valence electrons. The van der Waals surface area contributed by atoms with E-state index in [1.807, 2.05) is 24.4 Å². The molecular weight excluding hydrogens is 363 g/mol. The second kappa shape index (κ2) is 7.30. The average Bonchev–Trinajstić information content (AvgIpc) is 3.32. The van der Waals surface area contributed by atoms with Gasteiger partial charge in [-0.15, -0.1) is 11.3 Å². The van der Waals surface area contributed by atoms with Crippen LogP contribution in [0.25, 0.3) is 21.5 Å². The van der Waals surface area contributed by atoms with Gasteiger partial charge in [0.05, 0.1) is 10.9 Å². The molecule has 0 saturated carbocycles. The summed E-state index contributed by atoms with van der Waals surface area (Å²) in [6, 6.07) is 13.2. The molecular formula is C20H17FN4OS. The van der Waals surface area contributed by atoms with Crippen molar-refractivity contribution in [1.82, 2.24) is 15.3 Å². The molecule has 1 unspecified atom stereocenters. The fraction of sp³-hybridized carbons (Fsp3) is 0.100. The summed E-state index contributed by atoms with van der Waals surface area (Å²) >= 11 is 1.39. The Morgan fingerprint density at radius 2 is 2.15 bits per heavy atom. The normalized spacial score (nSPS) is 12.2. The van der Waals surface area contributed by atoms with E-state index in [-0.39, 0.29) is 18.3 Å². The van der Waals surface area contributed by atoms with Gasteiger partial charge in [-0.05, 0) is 42.0 Å². The summed E-state index contributed by atoms with van der Waals surface area (Å²) in [5, 5.41) is 3.89. The van der Waals surface area contributed by atoms with Gasteiger partial charge < -0.3 is 16.0 Å². The summed E-state index contributed by atoms with van der Waals surface area (Å²) in [7, 11) is 0. The SMILES string of the molecule is NCC(NC(=O)c1ccc(-c2c[nH]c3ncccc23)s1)c1cccc(F)c1. The molecule has 1 amide bonds. The zero-order valence-corrected chi connectivity index (χ0v) is 15.1. The van der Waals surface area contributed by atoms with E-state index in [4.69, 9.17) is 5.73 Å². The van der Waals surface area contributed by atoms with E-state index < -0.39 is 6.04 Å². The van der Waals surface area contributed by atoms with Crippen molar-refractivity contribution in [1.29, 1.82) is 0 Å². The van der Waals surface area contributed by atoms with Crippen LogP contribution in [0.2, 0.25) is 0 Å². The highest BCUT2D eigenvalue weighted by Gasteiger charge is 2.17. The molecule has 0 aliphatic rings. The fourth-order valence-corrected chi connectivity index (χ4v) is 3.94. The summed E-state index contributed by atoms with van der Waals surface area (Å²) in [6.07, 6.45) is 3.62. The van der Waals surface area contributed by atoms with Gasteiger partial charge in [-0.2, -0.15) is 0 Å². The molecule has 0 bridgehead atoms. The molecule has 1 atom stereocenters. The third-order valence-corrected chi connectivity index (χ3v) is 5.46. The lowest BCUT2D eigenvalue weighted by Crippen LogP contribution is -2.33. The zero-order chi connectivity index (χ0) is 18.8. The number of H-pyrrole nitrogens is 1. The lowest BCUT2D eigenvalue weighted by atomic mass is 10.1. The van der Waals surface area contributed by atoms with E-state index in [1.165, 1.54) is 23.5 Å². The second-order valence-electron chi connectivity index (χ2n) is 6.08. The van der Waals surface area contributed by atoms with Crippen LogP contribution >= 0.6 is 11.3 Å². The van der Waals surface area contributed by atoms with Crippen LogP contribution in [0.1, 0.15) is 21.3 Å². The van der Waals surface area contributed by atoms with Gasteiger partial charge in [-0.25, -0.2) is 9.37 Å². The Bertz CT molecular complexity index is 1100. The van der Waals surface area contributed by atoms with E-state index in [0.717, 1.165) is 21.5 Å². The molecule has 0 radical (unpaired) electrons. The number of hydrogen-bond donors (Lipinski definition) is 3. The first-order chi connectivity index (χ1) is 13.2. The van der Waals surface area contributed by atoms with Crippen molar-refractivity contribution in [3.8, 4) is 10.4 Å². The predicted octanol–water partition coefficient (Wildman–Crippen LogP) is 3.86. The Morgan fingerprint density at radius 1 is 1.26 bits per heavy atom. The highest BCUT2D eigenvalue weighted by Crippen LogP contribution is 2.33. The lowest BCUT2D eigenvalue weighted by Gasteiger charge is -2.16. The van der Waals surface area contributed by atoms with Gasteiger partial charge in [0.2, 0.25) is 0 Å². The van der Waals surface area contributed by atoms with E-state index in [2.05, 4.69) is 15.3 Å². The summed E-state index contributed by atoms with van der Waals surface area (Å²) < 4.78 is 13.5. The monoisotopic (exact) mass is 380 g/mol. The number of nitrogens with one attached hydrogen (secondary N) is 2. The maximum absolute atomic E-state index is 13.5. The molecule has 4 aromatic rings. The Labute approximate surface area is 159 Å². The summed E-state index contributed by atoms with van der Waals surface area (Å²) in [5.41, 5.74) is 8.23. The Kier molecular flexibility index (Phi) is 4.70. The third kappa shape index (κ3) is 3.47. The minimum atomic E-state index is -0.448. The van der Waals surface area contributed by atoms with E-state index in [0.29, 0.717) is 10.4 Å². The van der Waals surface area contributed by atoms with Crippen molar-refractivity contribution in [3.63, 3.8) is 0 Å². The molecule has 7 heteroatoms.